The maximum Gasteiger partial charge on any atom is 0.119 e. The van der Waals surface area contributed by atoms with Gasteiger partial charge in [0, 0.05) is 42.6 Å². The van der Waals surface area contributed by atoms with Gasteiger partial charge in [-0.15, -0.1) is 0 Å². The second-order valence-electron chi connectivity index (χ2n) is 3.90. The molecule has 4 nitrogen and oxygen atoms in total. The van der Waals surface area contributed by atoms with E-state index in [1.54, 1.807) is 0 Å². The molecule has 0 aliphatic rings. The Labute approximate surface area is 141 Å². The molecule has 1 aromatic carbocycles. The van der Waals surface area contributed by atoms with Crippen LogP contribution in [0, 0.1) is 0 Å². The minimum atomic E-state index is -3.20. The van der Waals surface area contributed by atoms with Crippen LogP contribution in [-0.4, -0.2) is 42.6 Å². The molecule has 2 N–H and O–H groups in total. The minimum absolute atomic E-state index is 0.212. The van der Waals surface area contributed by atoms with E-state index < -0.39 is 52.1 Å². The number of nitrogens with zero attached hydrogens (tertiary/aromatic N) is 1. The van der Waals surface area contributed by atoms with Crippen LogP contribution in [0.2, 0.25) is 0 Å². The molecule has 20 heavy (non-hydrogen) atoms. The van der Waals surface area contributed by atoms with Crippen molar-refractivity contribution in [2.45, 2.75) is 45.5 Å². The zero-order chi connectivity index (χ0) is 26.8. The highest BCUT2D eigenvalue weighted by molar-refractivity contribution is 5.79. The summed E-state index contributed by atoms with van der Waals surface area (Å²) in [7, 11) is 0. The van der Waals surface area contributed by atoms with Gasteiger partial charge in [-0.05, 0) is 43.5 Å². The molecule has 0 radical (unpaired) electrons. The highest BCUT2D eigenvalue weighted by Gasteiger charge is 2.05. The Hall–Kier alpha value is -1.39. The first-order valence-electron chi connectivity index (χ1n) is 12.8. The van der Waals surface area contributed by atoms with Crippen molar-refractivity contribution >= 4 is 6.21 Å². The summed E-state index contributed by atoms with van der Waals surface area (Å²) in [5.41, 5.74) is 0.272. The molecule has 112 valence electrons. The lowest BCUT2D eigenvalue weighted by Crippen LogP contribution is -2.35. The first-order valence-corrected chi connectivity index (χ1v) is 5.76. The third-order valence-electron chi connectivity index (χ3n) is 2.18. The predicted molar refractivity (Wildman–Crippen MR) is 83.8 cm³/mol. The molecule has 0 spiro atoms. The third kappa shape index (κ3) is 7.26. The summed E-state index contributed by atoms with van der Waals surface area (Å²) in [5, 5.41) is 12.1. The van der Waals surface area contributed by atoms with E-state index >= 15 is 0 Å². The maximum atomic E-state index is 10.00. The van der Waals surface area contributed by atoms with Crippen molar-refractivity contribution in [2.75, 3.05) is 13.2 Å². The molecule has 1 unspecified atom stereocenters. The molecule has 0 fully saturated rings. The summed E-state index contributed by atoms with van der Waals surface area (Å²) >= 11 is 0. The van der Waals surface area contributed by atoms with Crippen LogP contribution in [0.1, 0.15) is 52.2 Å². The van der Waals surface area contributed by atoms with Crippen LogP contribution in [0.3, 0.4) is 0 Å². The summed E-state index contributed by atoms with van der Waals surface area (Å²) in [6, 6.07) is -0.488. The van der Waals surface area contributed by atoms with Crippen molar-refractivity contribution in [3.8, 4) is 5.75 Å². The van der Waals surface area contributed by atoms with Gasteiger partial charge in [0.05, 0.1) is 1.37 Å². The molecule has 0 saturated carbocycles. The van der Waals surface area contributed by atoms with Gasteiger partial charge < -0.3 is 15.2 Å². The lowest BCUT2D eigenvalue weighted by Gasteiger charge is -2.15. The molecule has 0 aromatic heterocycles. The second-order valence-corrected chi connectivity index (χ2v) is 3.90. The monoisotopic (exact) mass is 292 g/mol. The average Bonchev–Trinajstić information content (AvgIpc) is 2.65. The van der Waals surface area contributed by atoms with E-state index in [0.717, 1.165) is 6.21 Å². The Morgan fingerprint density at radius 1 is 1.35 bits per heavy atom. The molecule has 0 aliphatic heterocycles. The summed E-state index contributed by atoms with van der Waals surface area (Å²) < 4.78 is 109. The summed E-state index contributed by atoms with van der Waals surface area (Å²) in [4.78, 5) is 3.48. The summed E-state index contributed by atoms with van der Waals surface area (Å²) in [6.45, 7) is -13.7. The fourth-order valence-electron chi connectivity index (χ4n) is 1.26. The number of rotatable bonds is 8. The largest absolute Gasteiger partial charge is 0.491 e. The van der Waals surface area contributed by atoms with E-state index in [0.29, 0.717) is 0 Å². The molecule has 4 heteroatoms. The molecule has 0 bridgehead atoms. The Bertz CT molecular complexity index is 799. The van der Waals surface area contributed by atoms with Gasteiger partial charge in [-0.2, -0.15) is 0 Å². The lowest BCUT2D eigenvalue weighted by atomic mass is 10.2. The molecule has 1 atom stereocenters. The van der Waals surface area contributed by atoms with Crippen molar-refractivity contribution in [1.29, 1.82) is 0 Å². The van der Waals surface area contributed by atoms with Crippen LogP contribution in [0.25, 0.3) is 0 Å². The van der Waals surface area contributed by atoms with Gasteiger partial charge in [-0.1, -0.05) is 13.7 Å². The van der Waals surface area contributed by atoms with Gasteiger partial charge in [0.2, 0.25) is 0 Å². The van der Waals surface area contributed by atoms with Gasteiger partial charge in [-0.25, -0.2) is 0 Å². The quantitative estimate of drug-likeness (QED) is 0.723. The Morgan fingerprint density at radius 2 is 2.10 bits per heavy atom. The van der Waals surface area contributed by atoms with E-state index in [1.807, 2.05) is 0 Å². The van der Waals surface area contributed by atoms with Crippen LogP contribution in [0.15, 0.2) is 29.3 Å². The van der Waals surface area contributed by atoms with Gasteiger partial charge in [0.15, 0.2) is 0 Å². The van der Waals surface area contributed by atoms with E-state index in [4.69, 9.17) is 23.9 Å². The smallest absolute Gasteiger partial charge is 0.119 e. The number of benzene rings is 1. The van der Waals surface area contributed by atoms with E-state index in [-0.39, 0.29) is 17.9 Å². The van der Waals surface area contributed by atoms with Crippen molar-refractivity contribution in [1.82, 2.24) is 5.32 Å². The van der Waals surface area contributed by atoms with Gasteiger partial charge in [0.1, 0.15) is 18.5 Å². The molecule has 0 saturated heterocycles. The normalized spacial score (nSPS) is 27.2. The first kappa shape index (κ1) is 5.43. The molecule has 0 heterocycles. The lowest BCUT2D eigenvalue weighted by molar-refractivity contribution is 0.104. The zero-order valence-corrected chi connectivity index (χ0v) is 10.7. The third-order valence-corrected chi connectivity index (χ3v) is 2.18. The van der Waals surface area contributed by atoms with Crippen molar-refractivity contribution in [3.63, 3.8) is 0 Å². The molecular weight excluding hydrogens is 252 g/mol. The number of nitrogens with one attached hydrogen (secondary N) is 1. The van der Waals surface area contributed by atoms with Gasteiger partial charge in [-0.3, -0.25) is 4.99 Å². The van der Waals surface area contributed by atoms with Crippen molar-refractivity contribution < 1.29 is 29.0 Å². The molecule has 1 rings (SSSR count). The zero-order valence-electron chi connectivity index (χ0n) is 24.7. The fraction of sp³-hybridized carbons (Fsp3) is 0.562. The number of hydrogen-bond acceptors (Lipinski definition) is 4. The standard InChI is InChI=1S/C16H26N2O2/c1-12(2)17-9-14-5-7-16(8-6-14)20-11-15(19)10-18-13(3)4/h5-9,12-13,15,18-19H,10-11H2,1-4H3/i1D3,2D3,3D3,4D3,12D,13D. The van der Waals surface area contributed by atoms with Gasteiger partial charge >= 0.3 is 0 Å². The fourth-order valence-corrected chi connectivity index (χ4v) is 1.26. The van der Waals surface area contributed by atoms with Crippen LogP contribution >= 0.6 is 0 Å². The maximum absolute atomic E-state index is 10.00. The SMILES string of the molecule is [2H]C([2H])([2H])C([2H])(N=Cc1ccc(OCC(O)CNC([2H])(C([2H])([2H])[2H])C([2H])([2H])[2H])cc1)C([2H])([2H])[2H]. The Morgan fingerprint density at radius 3 is 2.75 bits per heavy atom. The van der Waals surface area contributed by atoms with E-state index in [9.17, 15) is 5.11 Å². The first-order chi connectivity index (χ1) is 15.1. The van der Waals surface area contributed by atoms with E-state index in [2.05, 4.69) is 10.3 Å². The number of aliphatic hydroxyl groups is 1. The highest BCUT2D eigenvalue weighted by atomic mass is 16.5. The number of aliphatic hydroxyl groups excluding tert-OH is 1. The Kier molecular flexibility index (Phi) is 2.37. The van der Waals surface area contributed by atoms with Crippen LogP contribution in [0.4, 0.5) is 0 Å². The number of ether oxygens (including phenoxy) is 1. The second kappa shape index (κ2) is 8.72. The summed E-state index contributed by atoms with van der Waals surface area (Å²) in [6.07, 6.45) is -0.427. The molecular formula is C16H26N2O2. The molecule has 1 aromatic rings. The van der Waals surface area contributed by atoms with Crippen LogP contribution in [-0.2, 0) is 0 Å². The molecule has 0 amide bonds. The van der Waals surface area contributed by atoms with Crippen molar-refractivity contribution in [2.24, 2.45) is 4.99 Å². The summed E-state index contributed by atoms with van der Waals surface area (Å²) in [5.74, 6) is 0.212. The van der Waals surface area contributed by atoms with Crippen LogP contribution < -0.4 is 10.1 Å². The highest BCUT2D eigenvalue weighted by Crippen LogP contribution is 2.11. The number of hydrogen-bond donors (Lipinski definition) is 2. The molecule has 0 aliphatic carbocycles. The average molecular weight is 292 g/mol. The topological polar surface area (TPSA) is 53.9 Å². The van der Waals surface area contributed by atoms with Crippen molar-refractivity contribution in [3.05, 3.63) is 29.8 Å². The van der Waals surface area contributed by atoms with E-state index in [1.165, 1.54) is 24.3 Å². The predicted octanol–water partition coefficient (Wildman–Crippen LogP) is 2.25. The Balaban J connectivity index is 2.79. The van der Waals surface area contributed by atoms with Gasteiger partial charge in [0.25, 0.3) is 0 Å². The number of aliphatic imine (C=N–C) groups is 1. The minimum Gasteiger partial charge on any atom is -0.491 e. The van der Waals surface area contributed by atoms with Crippen LogP contribution in [0.5, 0.6) is 5.75 Å².